The van der Waals surface area contributed by atoms with Gasteiger partial charge in [0.1, 0.15) is 13.2 Å². The van der Waals surface area contributed by atoms with E-state index in [0.717, 1.165) is 38.5 Å². The van der Waals surface area contributed by atoms with Crippen molar-refractivity contribution in [2.24, 2.45) is 28.7 Å². The molecule has 0 radical (unpaired) electrons. The van der Waals surface area contributed by atoms with Gasteiger partial charge in [-0.05, 0) is 58.2 Å². The molecule has 0 aliphatic carbocycles. The van der Waals surface area contributed by atoms with Gasteiger partial charge in [0.05, 0.1) is 18.1 Å². The molecule has 0 spiro atoms. The summed E-state index contributed by atoms with van der Waals surface area (Å²) in [6.45, 7) is 1.52. The molecule has 12 nitrogen and oxygen atoms in total. The van der Waals surface area contributed by atoms with Gasteiger partial charge in [0, 0.05) is 0 Å². The van der Waals surface area contributed by atoms with E-state index in [2.05, 4.69) is 10.6 Å². The summed E-state index contributed by atoms with van der Waals surface area (Å²) in [5, 5.41) is 5.51. The Balaban J connectivity index is 4.69. The largest absolute Gasteiger partial charge is 0.448 e. The fraction of sp³-hybridized carbons (Fsp3) is 0.850. The number of carbonyl (C=O) groups is 3. The second-order valence-electron chi connectivity index (χ2n) is 7.74. The van der Waals surface area contributed by atoms with Gasteiger partial charge in [-0.3, -0.25) is 4.79 Å². The molecule has 3 amide bonds. The highest BCUT2D eigenvalue weighted by Gasteiger charge is 2.20. The molecule has 3 atom stereocenters. The number of rotatable bonds is 19. The van der Waals surface area contributed by atoms with Crippen LogP contribution in [0.25, 0.3) is 0 Å². The lowest BCUT2D eigenvalue weighted by Gasteiger charge is -2.22. The molecule has 188 valence electrons. The lowest BCUT2D eigenvalue weighted by molar-refractivity contribution is -0.123. The number of nitrogens with two attached hydrogens (primary N) is 5. The van der Waals surface area contributed by atoms with Gasteiger partial charge in [0.2, 0.25) is 5.91 Å². The maximum atomic E-state index is 12.4. The summed E-state index contributed by atoms with van der Waals surface area (Å²) < 4.78 is 10.1. The molecule has 0 heterocycles. The van der Waals surface area contributed by atoms with Gasteiger partial charge in [-0.25, -0.2) is 9.59 Å². The summed E-state index contributed by atoms with van der Waals surface area (Å²) in [5.74, 6) is -0.293. The van der Waals surface area contributed by atoms with Crippen LogP contribution >= 0.6 is 0 Å². The molecule has 0 fully saturated rings. The van der Waals surface area contributed by atoms with Crippen molar-refractivity contribution in [1.29, 1.82) is 0 Å². The topological polar surface area (TPSA) is 224 Å². The first-order valence-electron chi connectivity index (χ1n) is 11.4. The van der Waals surface area contributed by atoms with E-state index in [1.807, 2.05) is 0 Å². The Morgan fingerprint density at radius 2 is 1.16 bits per heavy atom. The van der Waals surface area contributed by atoms with Crippen LogP contribution in [0.5, 0.6) is 0 Å². The normalized spacial score (nSPS) is 13.6. The monoisotopic (exact) mass is 461 g/mol. The predicted molar refractivity (Wildman–Crippen MR) is 122 cm³/mol. The van der Waals surface area contributed by atoms with E-state index in [-0.39, 0.29) is 19.1 Å². The predicted octanol–water partition coefficient (Wildman–Crippen LogP) is -0.624. The van der Waals surface area contributed by atoms with E-state index in [1.54, 1.807) is 0 Å². The van der Waals surface area contributed by atoms with Crippen LogP contribution in [0, 0.1) is 0 Å². The van der Waals surface area contributed by atoms with Crippen LogP contribution in [-0.2, 0) is 14.3 Å². The molecule has 0 saturated heterocycles. The first kappa shape index (κ1) is 29.9. The molecule has 0 aromatic heterocycles. The van der Waals surface area contributed by atoms with E-state index in [0.29, 0.717) is 38.9 Å². The number of hydrogen-bond acceptors (Lipinski definition) is 9. The number of amides is 3. The van der Waals surface area contributed by atoms with E-state index in [4.69, 9.17) is 38.1 Å². The van der Waals surface area contributed by atoms with Crippen molar-refractivity contribution >= 4 is 18.1 Å². The zero-order valence-corrected chi connectivity index (χ0v) is 19.1. The Hall–Kier alpha value is -2.15. The van der Waals surface area contributed by atoms with E-state index in [9.17, 15) is 14.4 Å². The van der Waals surface area contributed by atoms with Crippen LogP contribution in [0.3, 0.4) is 0 Å². The fourth-order valence-electron chi connectivity index (χ4n) is 2.98. The summed E-state index contributed by atoms with van der Waals surface area (Å²) in [4.78, 5) is 35.5. The minimum absolute atomic E-state index is 0.0239. The Morgan fingerprint density at radius 3 is 1.66 bits per heavy atom. The quantitative estimate of drug-likeness (QED) is 0.121. The first-order valence-corrected chi connectivity index (χ1v) is 11.4. The number of hydrogen-bond donors (Lipinski definition) is 7. The van der Waals surface area contributed by atoms with Crippen molar-refractivity contribution in [3.63, 3.8) is 0 Å². The van der Waals surface area contributed by atoms with Crippen LogP contribution in [0.4, 0.5) is 9.59 Å². The second-order valence-corrected chi connectivity index (χ2v) is 7.74. The highest BCUT2D eigenvalue weighted by molar-refractivity contribution is 5.81. The molecular formula is C20H43N7O5. The SMILES string of the molecule is NCCCC[C@@H](COC(N)=O)NC(=O)OC[C@@H](CCCCN)NC(=O)[C@@H](N)CCCCN. The maximum Gasteiger partial charge on any atom is 0.407 e. The van der Waals surface area contributed by atoms with Crippen molar-refractivity contribution in [2.45, 2.75) is 75.9 Å². The second kappa shape index (κ2) is 19.5. The molecule has 12 heteroatoms. The van der Waals surface area contributed by atoms with Gasteiger partial charge in [-0.15, -0.1) is 0 Å². The van der Waals surface area contributed by atoms with E-state index < -0.39 is 30.3 Å². The molecule has 0 aliphatic heterocycles. The van der Waals surface area contributed by atoms with Crippen molar-refractivity contribution in [1.82, 2.24) is 10.6 Å². The average Bonchev–Trinajstić information content (AvgIpc) is 2.75. The van der Waals surface area contributed by atoms with Crippen molar-refractivity contribution in [2.75, 3.05) is 32.8 Å². The summed E-state index contributed by atoms with van der Waals surface area (Å²) in [6, 6.07) is -1.49. The van der Waals surface area contributed by atoms with Gasteiger partial charge in [0.25, 0.3) is 0 Å². The standard InChI is InChI=1S/C20H43N7O5/c21-10-4-1-7-15(26-18(28)17(24)9-3-6-12-23)14-32-20(30)27-16(8-2-5-11-22)13-31-19(25)29/h15-17H,1-14,21-24H2,(H2,25,29)(H,26,28)(H,27,30)/t15-,16+,17+/m1/s1. The Labute approximate surface area is 190 Å². The zero-order valence-electron chi connectivity index (χ0n) is 19.1. The number of nitrogens with one attached hydrogen (secondary N) is 2. The molecule has 0 rings (SSSR count). The zero-order chi connectivity index (χ0) is 24.2. The Kier molecular flexibility index (Phi) is 18.2. The third-order valence-corrected chi connectivity index (χ3v) is 4.83. The molecule has 0 saturated carbocycles. The summed E-state index contributed by atoms with van der Waals surface area (Å²) in [7, 11) is 0. The Morgan fingerprint density at radius 1 is 0.688 bits per heavy atom. The number of primary amides is 1. The van der Waals surface area contributed by atoms with Crippen LogP contribution in [0.2, 0.25) is 0 Å². The molecule has 0 aromatic rings. The number of carbonyl (C=O) groups excluding carboxylic acids is 3. The lowest BCUT2D eigenvalue weighted by Crippen LogP contribution is -2.48. The van der Waals surface area contributed by atoms with Crippen LogP contribution in [0.1, 0.15) is 57.8 Å². The van der Waals surface area contributed by atoms with Crippen LogP contribution in [0.15, 0.2) is 0 Å². The number of alkyl carbamates (subject to hydrolysis) is 1. The molecule has 0 unspecified atom stereocenters. The van der Waals surface area contributed by atoms with Crippen molar-refractivity contribution in [3.8, 4) is 0 Å². The number of unbranched alkanes of at least 4 members (excludes halogenated alkanes) is 3. The van der Waals surface area contributed by atoms with E-state index in [1.165, 1.54) is 0 Å². The van der Waals surface area contributed by atoms with Crippen molar-refractivity contribution < 1.29 is 23.9 Å². The molecule has 0 aliphatic rings. The molecular weight excluding hydrogens is 418 g/mol. The highest BCUT2D eigenvalue weighted by atomic mass is 16.6. The fourth-order valence-corrected chi connectivity index (χ4v) is 2.98. The average molecular weight is 462 g/mol. The van der Waals surface area contributed by atoms with Gasteiger partial charge in [-0.1, -0.05) is 19.3 Å². The summed E-state index contributed by atoms with van der Waals surface area (Å²) >= 11 is 0. The smallest absolute Gasteiger partial charge is 0.407 e. The van der Waals surface area contributed by atoms with Gasteiger partial charge in [0.15, 0.2) is 0 Å². The highest BCUT2D eigenvalue weighted by Crippen LogP contribution is 2.06. The third kappa shape index (κ3) is 16.5. The minimum atomic E-state index is -0.922. The summed E-state index contributed by atoms with van der Waals surface area (Å²) in [5.41, 5.74) is 27.4. The molecule has 0 aromatic carbocycles. The molecule has 32 heavy (non-hydrogen) atoms. The van der Waals surface area contributed by atoms with Crippen LogP contribution < -0.4 is 39.3 Å². The number of ether oxygens (including phenoxy) is 2. The lowest BCUT2D eigenvalue weighted by atomic mass is 10.1. The summed E-state index contributed by atoms with van der Waals surface area (Å²) in [6.07, 6.45) is 4.70. The minimum Gasteiger partial charge on any atom is -0.448 e. The third-order valence-electron chi connectivity index (χ3n) is 4.83. The van der Waals surface area contributed by atoms with E-state index >= 15 is 0 Å². The van der Waals surface area contributed by atoms with Gasteiger partial charge in [-0.2, -0.15) is 0 Å². The maximum absolute atomic E-state index is 12.4. The van der Waals surface area contributed by atoms with Crippen molar-refractivity contribution in [3.05, 3.63) is 0 Å². The molecule has 0 bridgehead atoms. The van der Waals surface area contributed by atoms with Gasteiger partial charge >= 0.3 is 12.2 Å². The first-order chi connectivity index (χ1) is 15.3. The van der Waals surface area contributed by atoms with Crippen LogP contribution in [-0.4, -0.2) is 69.1 Å². The molecule has 12 N–H and O–H groups in total. The Bertz CT molecular complexity index is 525. The van der Waals surface area contributed by atoms with Gasteiger partial charge < -0.3 is 48.8 Å².